The van der Waals surface area contributed by atoms with E-state index in [1.807, 2.05) is 20.0 Å². The Bertz CT molecular complexity index is 263. The Morgan fingerprint density at radius 3 is 2.73 bits per heavy atom. The lowest BCUT2D eigenvalue weighted by Gasteiger charge is -2.07. The van der Waals surface area contributed by atoms with Crippen LogP contribution in [0.15, 0.2) is 10.6 Å². The molecule has 2 rings (SSSR count). The highest BCUT2D eigenvalue weighted by molar-refractivity contribution is 5.22. The summed E-state index contributed by atoms with van der Waals surface area (Å²) < 4.78 is 5.00. The maximum atomic E-state index is 5.00. The second-order valence-corrected chi connectivity index (χ2v) is 3.15. The normalized spacial score (nSPS) is 20.2. The van der Waals surface area contributed by atoms with Gasteiger partial charge in [0.1, 0.15) is 11.5 Å². The predicted molar refractivity (Wildman–Crippen MR) is 41.2 cm³/mol. The lowest BCUT2D eigenvalue weighted by Crippen LogP contribution is -2.24. The van der Waals surface area contributed by atoms with E-state index in [9.17, 15) is 0 Å². The SMILES string of the molecule is CNC1(c2cc(C)on2)CC1. The van der Waals surface area contributed by atoms with Crippen molar-refractivity contribution in [1.29, 1.82) is 0 Å². The van der Waals surface area contributed by atoms with Crippen LogP contribution in [0.5, 0.6) is 0 Å². The number of nitrogens with zero attached hydrogens (tertiary/aromatic N) is 1. The third-order valence-corrected chi connectivity index (χ3v) is 2.35. The molecule has 3 heteroatoms. The largest absolute Gasteiger partial charge is 0.361 e. The molecule has 60 valence electrons. The second-order valence-electron chi connectivity index (χ2n) is 3.15. The van der Waals surface area contributed by atoms with E-state index in [4.69, 9.17) is 4.52 Å². The summed E-state index contributed by atoms with van der Waals surface area (Å²) in [4.78, 5) is 0. The van der Waals surface area contributed by atoms with Crippen molar-refractivity contribution in [2.75, 3.05) is 7.05 Å². The van der Waals surface area contributed by atoms with Crippen LogP contribution in [0.3, 0.4) is 0 Å². The number of hydrogen-bond donors (Lipinski definition) is 1. The summed E-state index contributed by atoms with van der Waals surface area (Å²) in [5, 5.41) is 7.24. The Morgan fingerprint density at radius 1 is 1.64 bits per heavy atom. The fourth-order valence-electron chi connectivity index (χ4n) is 1.35. The Morgan fingerprint density at radius 2 is 2.36 bits per heavy atom. The Hall–Kier alpha value is -0.830. The molecular weight excluding hydrogens is 140 g/mol. The molecule has 11 heavy (non-hydrogen) atoms. The zero-order valence-electron chi connectivity index (χ0n) is 6.85. The monoisotopic (exact) mass is 152 g/mol. The molecule has 0 spiro atoms. The minimum Gasteiger partial charge on any atom is -0.361 e. The highest BCUT2D eigenvalue weighted by atomic mass is 16.5. The van der Waals surface area contributed by atoms with E-state index in [0.29, 0.717) is 0 Å². The summed E-state index contributed by atoms with van der Waals surface area (Å²) in [7, 11) is 1.97. The van der Waals surface area contributed by atoms with Crippen LogP contribution in [0.25, 0.3) is 0 Å². The van der Waals surface area contributed by atoms with Crippen molar-refractivity contribution in [3.63, 3.8) is 0 Å². The average Bonchev–Trinajstić information content (AvgIpc) is 2.70. The van der Waals surface area contributed by atoms with Crippen LogP contribution in [0.2, 0.25) is 0 Å². The van der Waals surface area contributed by atoms with Gasteiger partial charge in [-0.25, -0.2) is 0 Å². The Kier molecular flexibility index (Phi) is 1.29. The summed E-state index contributed by atoms with van der Waals surface area (Å²) in [6.07, 6.45) is 2.35. The number of nitrogens with one attached hydrogen (secondary N) is 1. The van der Waals surface area contributed by atoms with Gasteiger partial charge in [-0.2, -0.15) is 0 Å². The molecule has 1 fully saturated rings. The summed E-state index contributed by atoms with van der Waals surface area (Å²) in [6, 6.07) is 2.00. The fraction of sp³-hybridized carbons (Fsp3) is 0.625. The number of hydrogen-bond acceptors (Lipinski definition) is 3. The highest BCUT2D eigenvalue weighted by Crippen LogP contribution is 2.44. The van der Waals surface area contributed by atoms with Crippen molar-refractivity contribution in [1.82, 2.24) is 10.5 Å². The van der Waals surface area contributed by atoms with Gasteiger partial charge >= 0.3 is 0 Å². The van der Waals surface area contributed by atoms with Crippen molar-refractivity contribution in [3.05, 3.63) is 17.5 Å². The molecule has 1 aliphatic carbocycles. The van der Waals surface area contributed by atoms with Gasteiger partial charge in [0.15, 0.2) is 0 Å². The van der Waals surface area contributed by atoms with Gasteiger partial charge in [-0.05, 0) is 26.8 Å². The average molecular weight is 152 g/mol. The quantitative estimate of drug-likeness (QED) is 0.691. The van der Waals surface area contributed by atoms with Crippen molar-refractivity contribution in [2.24, 2.45) is 0 Å². The molecule has 1 aliphatic rings. The van der Waals surface area contributed by atoms with E-state index in [-0.39, 0.29) is 5.54 Å². The minimum atomic E-state index is 0.151. The number of rotatable bonds is 2. The molecule has 0 saturated heterocycles. The number of aryl methyl sites for hydroxylation is 1. The van der Waals surface area contributed by atoms with E-state index < -0.39 is 0 Å². The summed E-state index contributed by atoms with van der Waals surface area (Å²) in [5.74, 6) is 0.890. The van der Waals surface area contributed by atoms with Crippen LogP contribution in [0, 0.1) is 6.92 Å². The molecule has 0 aliphatic heterocycles. The molecule has 0 amide bonds. The van der Waals surface area contributed by atoms with Crippen LogP contribution in [0.1, 0.15) is 24.3 Å². The zero-order chi connectivity index (χ0) is 7.90. The van der Waals surface area contributed by atoms with Gasteiger partial charge in [-0.15, -0.1) is 0 Å². The van der Waals surface area contributed by atoms with Gasteiger partial charge in [0.2, 0.25) is 0 Å². The van der Waals surface area contributed by atoms with Crippen molar-refractivity contribution < 1.29 is 4.52 Å². The molecule has 0 unspecified atom stereocenters. The van der Waals surface area contributed by atoms with E-state index in [2.05, 4.69) is 10.5 Å². The maximum Gasteiger partial charge on any atom is 0.134 e. The molecule has 0 radical (unpaired) electrons. The fourth-order valence-corrected chi connectivity index (χ4v) is 1.35. The van der Waals surface area contributed by atoms with Crippen LogP contribution in [-0.4, -0.2) is 12.2 Å². The van der Waals surface area contributed by atoms with Gasteiger partial charge in [0.05, 0.1) is 5.54 Å². The molecule has 1 aromatic rings. The summed E-state index contributed by atoms with van der Waals surface area (Å²) in [6.45, 7) is 1.92. The first kappa shape index (κ1) is 6.85. The molecule has 1 saturated carbocycles. The maximum absolute atomic E-state index is 5.00. The second kappa shape index (κ2) is 2.08. The number of aromatic nitrogens is 1. The smallest absolute Gasteiger partial charge is 0.134 e. The topological polar surface area (TPSA) is 38.1 Å². The Balaban J connectivity index is 2.29. The molecular formula is C8H12N2O. The summed E-state index contributed by atoms with van der Waals surface area (Å²) >= 11 is 0. The lowest BCUT2D eigenvalue weighted by atomic mass is 10.2. The molecule has 0 atom stereocenters. The van der Waals surface area contributed by atoms with Gasteiger partial charge < -0.3 is 9.84 Å². The molecule has 0 aromatic carbocycles. The molecule has 3 nitrogen and oxygen atoms in total. The van der Waals surface area contributed by atoms with E-state index in [1.165, 1.54) is 12.8 Å². The van der Waals surface area contributed by atoms with E-state index in [0.717, 1.165) is 11.5 Å². The molecule has 0 bridgehead atoms. The minimum absolute atomic E-state index is 0.151. The standard InChI is InChI=1S/C8H12N2O/c1-6-5-7(10-11-6)8(9-2)3-4-8/h5,9H,3-4H2,1-2H3. The molecule has 1 aromatic heterocycles. The van der Waals surface area contributed by atoms with Gasteiger partial charge in [0.25, 0.3) is 0 Å². The van der Waals surface area contributed by atoms with Crippen LogP contribution < -0.4 is 5.32 Å². The predicted octanol–water partition coefficient (Wildman–Crippen LogP) is 1.19. The molecule has 1 heterocycles. The van der Waals surface area contributed by atoms with Gasteiger partial charge in [-0.1, -0.05) is 5.16 Å². The first-order valence-electron chi connectivity index (χ1n) is 3.89. The van der Waals surface area contributed by atoms with Crippen molar-refractivity contribution in [3.8, 4) is 0 Å². The van der Waals surface area contributed by atoms with E-state index >= 15 is 0 Å². The first-order chi connectivity index (χ1) is 5.27. The first-order valence-corrected chi connectivity index (χ1v) is 3.89. The Labute approximate surface area is 65.8 Å². The van der Waals surface area contributed by atoms with Gasteiger partial charge in [-0.3, -0.25) is 0 Å². The van der Waals surface area contributed by atoms with Crippen molar-refractivity contribution in [2.45, 2.75) is 25.3 Å². The highest BCUT2D eigenvalue weighted by Gasteiger charge is 2.45. The van der Waals surface area contributed by atoms with Crippen LogP contribution in [-0.2, 0) is 5.54 Å². The third kappa shape index (κ3) is 0.959. The van der Waals surface area contributed by atoms with Crippen molar-refractivity contribution >= 4 is 0 Å². The third-order valence-electron chi connectivity index (χ3n) is 2.35. The van der Waals surface area contributed by atoms with Crippen LogP contribution >= 0.6 is 0 Å². The van der Waals surface area contributed by atoms with E-state index in [1.54, 1.807) is 0 Å². The zero-order valence-corrected chi connectivity index (χ0v) is 6.85. The summed E-state index contributed by atoms with van der Waals surface area (Å²) in [5.41, 5.74) is 1.20. The molecule has 1 N–H and O–H groups in total. The lowest BCUT2D eigenvalue weighted by molar-refractivity contribution is 0.377. The van der Waals surface area contributed by atoms with Gasteiger partial charge in [0, 0.05) is 6.07 Å². The van der Waals surface area contributed by atoms with Crippen LogP contribution in [0.4, 0.5) is 0 Å².